The normalized spacial score (nSPS) is 23.8. The maximum atomic E-state index is 5.26. The average Bonchev–Trinajstić information content (AvgIpc) is 2.58. The molecule has 11 heavy (non-hydrogen) atoms. The van der Waals surface area contributed by atoms with Gasteiger partial charge < -0.3 is 4.74 Å². The number of hydrogen-bond donors (Lipinski definition) is 0. The second-order valence-corrected chi connectivity index (χ2v) is 2.75. The van der Waals surface area contributed by atoms with Gasteiger partial charge in [0.25, 0.3) is 0 Å². The third kappa shape index (κ3) is 1.40. The molecular formula is C9H10NO. The summed E-state index contributed by atoms with van der Waals surface area (Å²) in [7, 11) is 0. The van der Waals surface area contributed by atoms with Crippen molar-refractivity contribution in [3.63, 3.8) is 0 Å². The highest BCUT2D eigenvalue weighted by molar-refractivity contribution is 5.09. The predicted octanol–water partition coefficient (Wildman–Crippen LogP) is 1.39. The first-order valence-corrected chi connectivity index (χ1v) is 3.87. The molecule has 1 saturated heterocycles. The van der Waals surface area contributed by atoms with Crippen molar-refractivity contribution in [2.24, 2.45) is 0 Å². The molecule has 1 aromatic rings. The van der Waals surface area contributed by atoms with Crippen LogP contribution in [0.1, 0.15) is 18.0 Å². The van der Waals surface area contributed by atoms with Gasteiger partial charge in [0.05, 0.1) is 12.8 Å². The molecule has 1 unspecified atom stereocenters. The van der Waals surface area contributed by atoms with E-state index < -0.39 is 0 Å². The fraction of sp³-hybridized carbons (Fsp3) is 0.444. The largest absolute Gasteiger partial charge is 0.381 e. The molecule has 1 fully saturated rings. The summed E-state index contributed by atoms with van der Waals surface area (Å²) in [4.78, 5) is 4.16. The number of hydrogen-bond acceptors (Lipinski definition) is 2. The summed E-state index contributed by atoms with van der Waals surface area (Å²) < 4.78 is 5.26. The summed E-state index contributed by atoms with van der Waals surface area (Å²) in [5.41, 5.74) is 1.12. The Morgan fingerprint density at radius 1 is 1.64 bits per heavy atom. The van der Waals surface area contributed by atoms with E-state index in [0.717, 1.165) is 25.3 Å². The highest BCUT2D eigenvalue weighted by atomic mass is 16.5. The van der Waals surface area contributed by atoms with Crippen LogP contribution in [0.25, 0.3) is 0 Å². The lowest BCUT2D eigenvalue weighted by molar-refractivity contribution is 0.193. The fourth-order valence-electron chi connectivity index (χ4n) is 1.33. The molecule has 0 amide bonds. The van der Waals surface area contributed by atoms with E-state index in [1.54, 1.807) is 0 Å². The van der Waals surface area contributed by atoms with Gasteiger partial charge in [-0.25, -0.2) is 0 Å². The van der Waals surface area contributed by atoms with Crippen molar-refractivity contribution in [1.82, 2.24) is 4.98 Å². The molecule has 1 aromatic heterocycles. The Kier molecular flexibility index (Phi) is 1.86. The lowest BCUT2D eigenvalue weighted by Gasteiger charge is -2.03. The van der Waals surface area contributed by atoms with E-state index in [-0.39, 0.29) is 0 Å². The second-order valence-electron chi connectivity index (χ2n) is 2.75. The van der Waals surface area contributed by atoms with Crippen LogP contribution in [0.3, 0.4) is 0 Å². The molecule has 2 rings (SSSR count). The van der Waals surface area contributed by atoms with Crippen molar-refractivity contribution in [1.29, 1.82) is 0 Å². The second kappa shape index (κ2) is 3.01. The Labute approximate surface area is 66.2 Å². The SMILES string of the molecule is [c]1cccc(C2CCOC2)n1. The Hall–Kier alpha value is -0.890. The molecule has 1 atom stereocenters. The van der Waals surface area contributed by atoms with Gasteiger partial charge in [-0.1, -0.05) is 6.07 Å². The van der Waals surface area contributed by atoms with Crippen molar-refractivity contribution in [3.05, 3.63) is 30.1 Å². The van der Waals surface area contributed by atoms with E-state index in [1.807, 2.05) is 18.2 Å². The van der Waals surface area contributed by atoms with Crippen LogP contribution in [0, 0.1) is 6.20 Å². The molecule has 0 bridgehead atoms. The molecule has 1 radical (unpaired) electrons. The average molecular weight is 148 g/mol. The topological polar surface area (TPSA) is 22.1 Å². The molecule has 0 saturated carbocycles. The smallest absolute Gasteiger partial charge is 0.0889 e. The molecule has 0 N–H and O–H groups in total. The molecule has 2 heterocycles. The summed E-state index contributed by atoms with van der Waals surface area (Å²) in [6.45, 7) is 1.70. The van der Waals surface area contributed by atoms with Gasteiger partial charge in [-0.15, -0.1) is 0 Å². The number of aromatic nitrogens is 1. The van der Waals surface area contributed by atoms with E-state index in [0.29, 0.717) is 5.92 Å². The lowest BCUT2D eigenvalue weighted by atomic mass is 10.0. The summed E-state index contributed by atoms with van der Waals surface area (Å²) in [5, 5.41) is 0. The van der Waals surface area contributed by atoms with E-state index in [1.165, 1.54) is 0 Å². The highest BCUT2D eigenvalue weighted by Crippen LogP contribution is 2.22. The van der Waals surface area contributed by atoms with Gasteiger partial charge in [0, 0.05) is 18.2 Å². The van der Waals surface area contributed by atoms with Crippen molar-refractivity contribution in [2.45, 2.75) is 12.3 Å². The van der Waals surface area contributed by atoms with Crippen LogP contribution < -0.4 is 0 Å². The summed E-state index contributed by atoms with van der Waals surface area (Å²) in [6.07, 6.45) is 3.93. The first-order valence-electron chi connectivity index (χ1n) is 3.87. The number of pyridine rings is 1. The van der Waals surface area contributed by atoms with Gasteiger partial charge >= 0.3 is 0 Å². The van der Waals surface area contributed by atoms with Crippen LogP contribution in [0.5, 0.6) is 0 Å². The minimum absolute atomic E-state index is 0.507. The Bertz CT molecular complexity index is 216. The van der Waals surface area contributed by atoms with Gasteiger partial charge in [-0.3, -0.25) is 4.98 Å². The van der Waals surface area contributed by atoms with Gasteiger partial charge in [-0.05, 0) is 18.6 Å². The van der Waals surface area contributed by atoms with Crippen LogP contribution in [0.15, 0.2) is 18.2 Å². The zero-order valence-corrected chi connectivity index (χ0v) is 6.29. The van der Waals surface area contributed by atoms with E-state index in [9.17, 15) is 0 Å². The quantitative estimate of drug-likeness (QED) is 0.600. The van der Waals surface area contributed by atoms with Crippen molar-refractivity contribution < 1.29 is 4.74 Å². The third-order valence-corrected chi connectivity index (χ3v) is 1.98. The van der Waals surface area contributed by atoms with Crippen molar-refractivity contribution in [2.75, 3.05) is 13.2 Å². The number of rotatable bonds is 1. The Morgan fingerprint density at radius 3 is 3.27 bits per heavy atom. The zero-order chi connectivity index (χ0) is 7.52. The monoisotopic (exact) mass is 148 g/mol. The molecule has 2 heteroatoms. The van der Waals surface area contributed by atoms with Crippen LogP contribution >= 0.6 is 0 Å². The Morgan fingerprint density at radius 2 is 2.64 bits per heavy atom. The molecule has 2 nitrogen and oxygen atoms in total. The third-order valence-electron chi connectivity index (χ3n) is 1.98. The first-order chi connectivity index (χ1) is 5.47. The highest BCUT2D eigenvalue weighted by Gasteiger charge is 2.17. The van der Waals surface area contributed by atoms with Crippen LogP contribution in [-0.4, -0.2) is 18.2 Å². The van der Waals surface area contributed by atoms with Gasteiger partial charge in [0.1, 0.15) is 0 Å². The van der Waals surface area contributed by atoms with Crippen LogP contribution in [0.2, 0.25) is 0 Å². The minimum Gasteiger partial charge on any atom is -0.381 e. The first kappa shape index (κ1) is 6.80. The molecular weight excluding hydrogens is 138 g/mol. The van der Waals surface area contributed by atoms with Crippen LogP contribution in [-0.2, 0) is 4.74 Å². The maximum absolute atomic E-state index is 5.26. The van der Waals surface area contributed by atoms with E-state index >= 15 is 0 Å². The van der Waals surface area contributed by atoms with Gasteiger partial charge in [-0.2, -0.15) is 0 Å². The lowest BCUT2D eigenvalue weighted by Crippen LogP contribution is -1.99. The molecule has 1 aliphatic heterocycles. The van der Waals surface area contributed by atoms with Crippen molar-refractivity contribution in [3.8, 4) is 0 Å². The standard InChI is InChI=1S/C9H10NO/c1-2-5-10-9(3-1)8-4-6-11-7-8/h1-3,8H,4,6-7H2. The number of nitrogens with zero attached hydrogens (tertiary/aromatic N) is 1. The fourth-order valence-corrected chi connectivity index (χ4v) is 1.33. The molecule has 1 aliphatic rings. The minimum atomic E-state index is 0.507. The molecule has 57 valence electrons. The van der Waals surface area contributed by atoms with Gasteiger partial charge in [0.2, 0.25) is 0 Å². The maximum Gasteiger partial charge on any atom is 0.0889 e. The molecule has 0 spiro atoms. The van der Waals surface area contributed by atoms with Crippen LogP contribution in [0.4, 0.5) is 0 Å². The predicted molar refractivity (Wildman–Crippen MR) is 41.3 cm³/mol. The summed E-state index contributed by atoms with van der Waals surface area (Å²) >= 11 is 0. The Balaban J connectivity index is 2.16. The summed E-state index contributed by atoms with van der Waals surface area (Å²) in [6, 6.07) is 5.83. The number of ether oxygens (including phenoxy) is 1. The van der Waals surface area contributed by atoms with Crippen molar-refractivity contribution >= 4 is 0 Å². The van der Waals surface area contributed by atoms with E-state index in [4.69, 9.17) is 4.74 Å². The van der Waals surface area contributed by atoms with Gasteiger partial charge in [0.15, 0.2) is 0 Å². The molecule has 0 aromatic carbocycles. The van der Waals surface area contributed by atoms with E-state index in [2.05, 4.69) is 11.2 Å². The molecule has 0 aliphatic carbocycles. The summed E-state index contributed by atoms with van der Waals surface area (Å²) in [5.74, 6) is 0.507. The zero-order valence-electron chi connectivity index (χ0n) is 6.29.